The third-order valence-electron chi connectivity index (χ3n) is 3.36. The van der Waals surface area contributed by atoms with Crippen LogP contribution in [-0.4, -0.2) is 20.8 Å². The van der Waals surface area contributed by atoms with Gasteiger partial charge in [0.15, 0.2) is 5.82 Å². The first kappa shape index (κ1) is 10.9. The van der Waals surface area contributed by atoms with Crippen LogP contribution in [0.5, 0.6) is 0 Å². The highest BCUT2D eigenvalue weighted by molar-refractivity contribution is 7.09. The van der Waals surface area contributed by atoms with Crippen molar-refractivity contribution in [1.82, 2.24) is 14.8 Å². The lowest BCUT2D eigenvalue weighted by Gasteiger charge is -2.25. The molecule has 3 rings (SSSR count). The molecule has 0 fully saturated rings. The molecule has 2 aromatic rings. The van der Waals surface area contributed by atoms with Gasteiger partial charge in [-0.1, -0.05) is 6.07 Å². The molecule has 2 atom stereocenters. The van der Waals surface area contributed by atoms with Crippen LogP contribution >= 0.6 is 11.3 Å². The van der Waals surface area contributed by atoms with E-state index in [-0.39, 0.29) is 12.1 Å². The van der Waals surface area contributed by atoms with Gasteiger partial charge in [0.05, 0.1) is 6.04 Å². The number of hydrogen-bond acceptors (Lipinski definition) is 4. The normalized spacial score (nSPS) is 23.6. The van der Waals surface area contributed by atoms with Gasteiger partial charge >= 0.3 is 0 Å². The van der Waals surface area contributed by atoms with Crippen LogP contribution < -0.4 is 5.73 Å². The number of thiophene rings is 1. The van der Waals surface area contributed by atoms with Crippen LogP contribution in [0.3, 0.4) is 0 Å². The summed E-state index contributed by atoms with van der Waals surface area (Å²) in [6.07, 6.45) is 2.79. The van der Waals surface area contributed by atoms with Gasteiger partial charge in [-0.15, -0.1) is 11.3 Å². The molecule has 2 N–H and O–H groups in total. The summed E-state index contributed by atoms with van der Waals surface area (Å²) in [6.45, 7) is 2.12. The van der Waals surface area contributed by atoms with E-state index in [1.165, 1.54) is 4.88 Å². The highest BCUT2D eigenvalue weighted by atomic mass is 32.1. The second kappa shape index (κ2) is 4.23. The third kappa shape index (κ3) is 2.00. The van der Waals surface area contributed by atoms with E-state index < -0.39 is 0 Å². The molecule has 2 unspecified atom stereocenters. The van der Waals surface area contributed by atoms with Crippen molar-refractivity contribution in [3.8, 4) is 0 Å². The maximum Gasteiger partial charge on any atom is 0.156 e. The first-order valence-electron chi connectivity index (χ1n) is 5.96. The predicted molar refractivity (Wildman–Crippen MR) is 68.2 cm³/mol. The van der Waals surface area contributed by atoms with Crippen molar-refractivity contribution in [2.75, 3.05) is 0 Å². The molecule has 17 heavy (non-hydrogen) atoms. The quantitative estimate of drug-likeness (QED) is 0.881. The summed E-state index contributed by atoms with van der Waals surface area (Å²) in [7, 11) is 0. The highest BCUT2D eigenvalue weighted by Gasteiger charge is 2.25. The van der Waals surface area contributed by atoms with Crippen molar-refractivity contribution < 1.29 is 0 Å². The van der Waals surface area contributed by atoms with Gasteiger partial charge in [-0.3, -0.25) is 0 Å². The molecule has 0 amide bonds. The minimum Gasteiger partial charge on any atom is -0.326 e. The summed E-state index contributed by atoms with van der Waals surface area (Å²) in [4.78, 5) is 5.92. The lowest BCUT2D eigenvalue weighted by atomic mass is 10.0. The van der Waals surface area contributed by atoms with Crippen LogP contribution in [0.1, 0.15) is 35.9 Å². The molecule has 0 aliphatic carbocycles. The average molecular weight is 248 g/mol. The molecular weight excluding hydrogens is 232 g/mol. The summed E-state index contributed by atoms with van der Waals surface area (Å²) in [5, 5.41) is 6.68. The number of nitrogens with two attached hydrogens (primary N) is 1. The summed E-state index contributed by atoms with van der Waals surface area (Å²) < 4.78 is 2.01. The molecule has 5 heteroatoms. The molecule has 2 aromatic heterocycles. The fourth-order valence-corrected chi connectivity index (χ4v) is 2.96. The minimum atomic E-state index is 0.207. The van der Waals surface area contributed by atoms with Gasteiger partial charge in [-0.05, 0) is 24.8 Å². The monoisotopic (exact) mass is 248 g/mol. The average Bonchev–Trinajstić information content (AvgIpc) is 2.93. The zero-order chi connectivity index (χ0) is 11.8. The van der Waals surface area contributed by atoms with E-state index >= 15 is 0 Å². The van der Waals surface area contributed by atoms with Gasteiger partial charge < -0.3 is 5.73 Å². The zero-order valence-electron chi connectivity index (χ0n) is 9.84. The maximum atomic E-state index is 6.05. The number of fused-ring (bicyclic) bond motifs is 1. The molecule has 3 heterocycles. The Labute approximate surface area is 104 Å². The maximum absolute atomic E-state index is 6.05. The van der Waals surface area contributed by atoms with Crippen LogP contribution in [0.25, 0.3) is 0 Å². The summed E-state index contributed by atoms with van der Waals surface area (Å²) in [6, 6.07) is 4.66. The van der Waals surface area contributed by atoms with Crippen LogP contribution in [0.4, 0.5) is 0 Å². The van der Waals surface area contributed by atoms with Crippen LogP contribution in [0.2, 0.25) is 0 Å². The Morgan fingerprint density at radius 3 is 3.24 bits per heavy atom. The fraction of sp³-hybridized carbons (Fsp3) is 0.500. The van der Waals surface area contributed by atoms with Crippen molar-refractivity contribution in [2.45, 2.75) is 38.3 Å². The predicted octanol–water partition coefficient (Wildman–Crippen LogP) is 1.76. The Balaban J connectivity index is 1.87. The molecular formula is C12H16N4S. The second-order valence-corrected chi connectivity index (χ2v) is 5.62. The van der Waals surface area contributed by atoms with E-state index in [2.05, 4.69) is 34.5 Å². The van der Waals surface area contributed by atoms with Gasteiger partial charge in [0, 0.05) is 23.8 Å². The molecule has 1 aliphatic rings. The zero-order valence-corrected chi connectivity index (χ0v) is 10.7. The van der Waals surface area contributed by atoms with Crippen molar-refractivity contribution in [3.05, 3.63) is 34.0 Å². The molecule has 0 aromatic carbocycles. The van der Waals surface area contributed by atoms with Gasteiger partial charge in [0.2, 0.25) is 0 Å². The lowest BCUT2D eigenvalue weighted by Crippen LogP contribution is -2.36. The van der Waals surface area contributed by atoms with E-state index in [0.717, 1.165) is 30.9 Å². The van der Waals surface area contributed by atoms with Crippen molar-refractivity contribution >= 4 is 11.3 Å². The minimum absolute atomic E-state index is 0.207. The topological polar surface area (TPSA) is 56.7 Å². The van der Waals surface area contributed by atoms with Crippen LogP contribution in [-0.2, 0) is 12.8 Å². The van der Waals surface area contributed by atoms with Crippen LogP contribution in [0, 0.1) is 0 Å². The SMILES string of the molecule is CC1C(N)CCc2nc(Cc3cccs3)nn21. The molecule has 1 aliphatic heterocycles. The van der Waals surface area contributed by atoms with E-state index in [1.807, 2.05) is 4.68 Å². The first-order valence-corrected chi connectivity index (χ1v) is 6.84. The number of aromatic nitrogens is 3. The van der Waals surface area contributed by atoms with E-state index in [4.69, 9.17) is 5.73 Å². The standard InChI is InChI=1S/C12H16N4S/c1-8-10(13)4-5-12-14-11(15-16(8)12)7-9-3-2-6-17-9/h2-3,6,8,10H,4-5,7,13H2,1H3. The van der Waals surface area contributed by atoms with Gasteiger partial charge in [0.25, 0.3) is 0 Å². The molecule has 4 nitrogen and oxygen atoms in total. The summed E-state index contributed by atoms with van der Waals surface area (Å²) >= 11 is 1.75. The van der Waals surface area contributed by atoms with Crippen LogP contribution in [0.15, 0.2) is 17.5 Å². The third-order valence-corrected chi connectivity index (χ3v) is 4.24. The highest BCUT2D eigenvalue weighted by Crippen LogP contribution is 2.22. The first-order chi connectivity index (χ1) is 8.24. The van der Waals surface area contributed by atoms with E-state index in [0.29, 0.717) is 0 Å². The Bertz CT molecular complexity index is 503. The van der Waals surface area contributed by atoms with Gasteiger partial charge in [-0.2, -0.15) is 5.10 Å². The Morgan fingerprint density at radius 2 is 2.47 bits per heavy atom. The molecule has 0 saturated heterocycles. The van der Waals surface area contributed by atoms with E-state index in [9.17, 15) is 0 Å². The molecule has 0 spiro atoms. The van der Waals surface area contributed by atoms with Gasteiger partial charge in [-0.25, -0.2) is 9.67 Å². The molecule has 0 radical (unpaired) electrons. The number of nitrogens with zero attached hydrogens (tertiary/aromatic N) is 3. The molecule has 90 valence electrons. The molecule has 0 saturated carbocycles. The summed E-state index contributed by atoms with van der Waals surface area (Å²) in [5.41, 5.74) is 6.05. The smallest absolute Gasteiger partial charge is 0.156 e. The fourth-order valence-electron chi connectivity index (χ4n) is 2.26. The Morgan fingerprint density at radius 1 is 1.59 bits per heavy atom. The number of aryl methyl sites for hydroxylation is 1. The summed E-state index contributed by atoms with van der Waals surface area (Å²) in [5.74, 6) is 2.01. The Hall–Kier alpha value is -1.20. The lowest BCUT2D eigenvalue weighted by molar-refractivity contribution is 0.338. The largest absolute Gasteiger partial charge is 0.326 e. The second-order valence-electron chi connectivity index (χ2n) is 4.59. The van der Waals surface area contributed by atoms with Crippen molar-refractivity contribution in [2.24, 2.45) is 5.73 Å². The van der Waals surface area contributed by atoms with Gasteiger partial charge in [0.1, 0.15) is 5.82 Å². The van der Waals surface area contributed by atoms with Crippen molar-refractivity contribution in [1.29, 1.82) is 0 Å². The Kier molecular flexibility index (Phi) is 2.72. The van der Waals surface area contributed by atoms with E-state index in [1.54, 1.807) is 11.3 Å². The van der Waals surface area contributed by atoms with Crippen molar-refractivity contribution in [3.63, 3.8) is 0 Å². The molecule has 0 bridgehead atoms. The number of rotatable bonds is 2. The number of hydrogen-bond donors (Lipinski definition) is 1.